The number of anilines is 2. The van der Waals surface area contributed by atoms with Crippen LogP contribution in [0.15, 0.2) is 42.7 Å². The number of hydrogen-bond donors (Lipinski definition) is 2. The summed E-state index contributed by atoms with van der Waals surface area (Å²) in [5, 5.41) is 8.56. The first-order valence-electron chi connectivity index (χ1n) is 8.19. The molecule has 0 unspecified atom stereocenters. The maximum absolute atomic E-state index is 12.0. The standard InChI is InChI=1S/C19H17ClN4O/c1-21-18-16-10-22-17(24-19(25)12-2-3-12)8-14(16)15(9-23-18)11-4-6-13(20)7-5-11/h4-10,12H,2-3H2,1H3,(H,21,23)(H,22,24,25). The van der Waals surface area contributed by atoms with Crippen LogP contribution in [0.25, 0.3) is 21.9 Å². The van der Waals surface area contributed by atoms with E-state index in [0.717, 1.165) is 40.6 Å². The molecule has 1 fully saturated rings. The summed E-state index contributed by atoms with van der Waals surface area (Å²) >= 11 is 6.00. The summed E-state index contributed by atoms with van der Waals surface area (Å²) in [7, 11) is 1.83. The molecule has 126 valence electrons. The number of halogens is 1. The molecule has 0 saturated heterocycles. The monoisotopic (exact) mass is 352 g/mol. The van der Waals surface area contributed by atoms with Gasteiger partial charge in [-0.15, -0.1) is 0 Å². The summed E-state index contributed by atoms with van der Waals surface area (Å²) in [5.74, 6) is 1.49. The van der Waals surface area contributed by atoms with Crippen molar-refractivity contribution in [2.45, 2.75) is 12.8 Å². The third-order valence-electron chi connectivity index (χ3n) is 4.36. The van der Waals surface area contributed by atoms with Gasteiger partial charge in [0.1, 0.15) is 11.6 Å². The van der Waals surface area contributed by atoms with Crippen molar-refractivity contribution in [3.05, 3.63) is 47.7 Å². The third kappa shape index (κ3) is 3.15. The van der Waals surface area contributed by atoms with E-state index in [0.29, 0.717) is 10.8 Å². The average Bonchev–Trinajstić information content (AvgIpc) is 3.47. The maximum atomic E-state index is 12.0. The van der Waals surface area contributed by atoms with Crippen molar-refractivity contribution in [2.24, 2.45) is 5.92 Å². The van der Waals surface area contributed by atoms with Crippen molar-refractivity contribution in [1.29, 1.82) is 0 Å². The second-order valence-corrected chi connectivity index (χ2v) is 6.59. The van der Waals surface area contributed by atoms with E-state index in [1.165, 1.54) is 0 Å². The average molecular weight is 353 g/mol. The fraction of sp³-hybridized carbons (Fsp3) is 0.211. The van der Waals surface area contributed by atoms with Gasteiger partial charge < -0.3 is 10.6 Å². The Morgan fingerprint density at radius 2 is 1.88 bits per heavy atom. The molecular formula is C19H17ClN4O. The van der Waals surface area contributed by atoms with Gasteiger partial charge in [-0.25, -0.2) is 9.97 Å². The van der Waals surface area contributed by atoms with Gasteiger partial charge in [0.05, 0.1) is 0 Å². The van der Waals surface area contributed by atoms with Crippen LogP contribution < -0.4 is 10.6 Å². The van der Waals surface area contributed by atoms with Gasteiger partial charge in [0, 0.05) is 41.3 Å². The summed E-state index contributed by atoms with van der Waals surface area (Å²) in [4.78, 5) is 20.9. The second-order valence-electron chi connectivity index (χ2n) is 6.16. The Labute approximate surface area is 150 Å². The van der Waals surface area contributed by atoms with Gasteiger partial charge in [0.25, 0.3) is 0 Å². The van der Waals surface area contributed by atoms with Crippen molar-refractivity contribution in [3.8, 4) is 11.1 Å². The predicted molar refractivity (Wildman–Crippen MR) is 101 cm³/mol. The van der Waals surface area contributed by atoms with Crippen LogP contribution in [0.2, 0.25) is 5.02 Å². The van der Waals surface area contributed by atoms with Crippen molar-refractivity contribution >= 4 is 39.9 Å². The highest BCUT2D eigenvalue weighted by Crippen LogP contribution is 2.34. The van der Waals surface area contributed by atoms with Crippen LogP contribution in [0.4, 0.5) is 11.6 Å². The zero-order valence-corrected chi connectivity index (χ0v) is 14.5. The summed E-state index contributed by atoms with van der Waals surface area (Å²) in [6.07, 6.45) is 5.49. The Morgan fingerprint density at radius 1 is 1.12 bits per heavy atom. The Balaban J connectivity index is 1.83. The van der Waals surface area contributed by atoms with Gasteiger partial charge >= 0.3 is 0 Å². The smallest absolute Gasteiger partial charge is 0.228 e. The highest BCUT2D eigenvalue weighted by Gasteiger charge is 2.29. The van der Waals surface area contributed by atoms with Crippen LogP contribution in [0.3, 0.4) is 0 Å². The van der Waals surface area contributed by atoms with Crippen molar-refractivity contribution in [3.63, 3.8) is 0 Å². The Morgan fingerprint density at radius 3 is 2.56 bits per heavy atom. The zero-order chi connectivity index (χ0) is 17.4. The van der Waals surface area contributed by atoms with Gasteiger partial charge in [-0.3, -0.25) is 4.79 Å². The van der Waals surface area contributed by atoms with Crippen LogP contribution >= 0.6 is 11.6 Å². The molecule has 2 aromatic heterocycles. The lowest BCUT2D eigenvalue weighted by Gasteiger charge is -2.12. The van der Waals surface area contributed by atoms with E-state index >= 15 is 0 Å². The molecule has 5 nitrogen and oxygen atoms in total. The Kier molecular flexibility index (Phi) is 4.01. The van der Waals surface area contributed by atoms with E-state index in [4.69, 9.17) is 11.6 Å². The maximum Gasteiger partial charge on any atom is 0.228 e. The van der Waals surface area contributed by atoms with E-state index in [9.17, 15) is 4.79 Å². The van der Waals surface area contributed by atoms with Crippen molar-refractivity contribution < 1.29 is 4.79 Å². The third-order valence-corrected chi connectivity index (χ3v) is 4.62. The first kappa shape index (κ1) is 15.8. The number of aromatic nitrogens is 2. The van der Waals surface area contributed by atoms with Crippen LogP contribution in [0.5, 0.6) is 0 Å². The molecule has 3 aromatic rings. The number of benzene rings is 1. The lowest BCUT2D eigenvalue weighted by molar-refractivity contribution is -0.117. The number of fused-ring (bicyclic) bond motifs is 1. The first-order valence-corrected chi connectivity index (χ1v) is 8.57. The topological polar surface area (TPSA) is 66.9 Å². The van der Waals surface area contributed by atoms with Crippen LogP contribution in [-0.4, -0.2) is 22.9 Å². The SMILES string of the molecule is CNc1ncc(-c2ccc(Cl)cc2)c2cc(NC(=O)C3CC3)ncc12. The highest BCUT2D eigenvalue weighted by atomic mass is 35.5. The Bertz CT molecular complexity index is 952. The molecule has 1 aliphatic carbocycles. The van der Waals surface area contributed by atoms with Gasteiger partial charge in [-0.05, 0) is 42.0 Å². The number of pyridine rings is 2. The number of carbonyl (C=O) groups excluding carboxylic acids is 1. The summed E-state index contributed by atoms with van der Waals surface area (Å²) in [6, 6.07) is 9.53. The lowest BCUT2D eigenvalue weighted by Crippen LogP contribution is -2.14. The number of nitrogens with zero attached hydrogens (tertiary/aromatic N) is 2. The molecule has 0 radical (unpaired) electrons. The molecule has 0 spiro atoms. The van der Waals surface area contributed by atoms with Crippen LogP contribution in [0.1, 0.15) is 12.8 Å². The summed E-state index contributed by atoms with van der Waals surface area (Å²) in [5.41, 5.74) is 1.98. The molecule has 1 aromatic carbocycles. The molecule has 1 aliphatic rings. The number of amides is 1. The summed E-state index contributed by atoms with van der Waals surface area (Å²) < 4.78 is 0. The largest absolute Gasteiger partial charge is 0.373 e. The van der Waals surface area contributed by atoms with Crippen molar-refractivity contribution in [1.82, 2.24) is 9.97 Å². The van der Waals surface area contributed by atoms with Crippen LogP contribution in [0, 0.1) is 5.92 Å². The van der Waals surface area contributed by atoms with E-state index < -0.39 is 0 Å². The van der Waals surface area contributed by atoms with E-state index in [1.807, 2.05) is 43.6 Å². The molecule has 0 atom stereocenters. The van der Waals surface area contributed by atoms with Crippen LogP contribution in [-0.2, 0) is 4.79 Å². The highest BCUT2D eigenvalue weighted by molar-refractivity contribution is 6.30. The minimum atomic E-state index is 0.0442. The minimum absolute atomic E-state index is 0.0442. The normalized spacial score (nSPS) is 13.7. The quantitative estimate of drug-likeness (QED) is 0.733. The fourth-order valence-corrected chi connectivity index (χ4v) is 2.96. The Hall–Kier alpha value is -2.66. The van der Waals surface area contributed by atoms with E-state index in [2.05, 4.69) is 20.6 Å². The number of nitrogens with one attached hydrogen (secondary N) is 2. The molecule has 2 N–H and O–H groups in total. The van der Waals surface area contributed by atoms with Gasteiger partial charge in [-0.1, -0.05) is 23.7 Å². The van der Waals surface area contributed by atoms with E-state index in [1.54, 1.807) is 6.20 Å². The molecule has 0 bridgehead atoms. The first-order chi connectivity index (χ1) is 12.2. The lowest BCUT2D eigenvalue weighted by atomic mass is 10.0. The molecule has 2 heterocycles. The molecule has 25 heavy (non-hydrogen) atoms. The molecular weight excluding hydrogens is 336 g/mol. The molecule has 4 rings (SSSR count). The van der Waals surface area contributed by atoms with Crippen molar-refractivity contribution in [2.75, 3.05) is 17.7 Å². The molecule has 1 amide bonds. The zero-order valence-electron chi connectivity index (χ0n) is 13.7. The fourth-order valence-electron chi connectivity index (χ4n) is 2.84. The molecule has 1 saturated carbocycles. The van der Waals surface area contributed by atoms with Gasteiger partial charge in [0.2, 0.25) is 5.91 Å². The number of rotatable bonds is 4. The van der Waals surface area contributed by atoms with Gasteiger partial charge in [-0.2, -0.15) is 0 Å². The number of carbonyl (C=O) groups is 1. The second kappa shape index (κ2) is 6.33. The molecule has 0 aliphatic heterocycles. The minimum Gasteiger partial charge on any atom is -0.373 e. The predicted octanol–water partition coefficient (Wildman–Crippen LogP) is 4.34. The summed E-state index contributed by atoms with van der Waals surface area (Å²) in [6.45, 7) is 0. The number of hydrogen-bond acceptors (Lipinski definition) is 4. The van der Waals surface area contributed by atoms with E-state index in [-0.39, 0.29) is 11.8 Å². The van der Waals surface area contributed by atoms with Gasteiger partial charge in [0.15, 0.2) is 0 Å². The molecule has 6 heteroatoms.